The van der Waals surface area contributed by atoms with Crippen LogP contribution in [0, 0.1) is 12.8 Å². The number of nitrogens with zero attached hydrogens (tertiary/aromatic N) is 2. The number of anilines is 2. The van der Waals surface area contributed by atoms with Gasteiger partial charge in [0.05, 0.1) is 0 Å². The predicted octanol–water partition coefficient (Wildman–Crippen LogP) is 2.67. The van der Waals surface area contributed by atoms with Gasteiger partial charge in [0.15, 0.2) is 0 Å². The molecule has 0 bridgehead atoms. The molecule has 1 unspecified atom stereocenters. The van der Waals surface area contributed by atoms with Gasteiger partial charge in [0.25, 0.3) is 0 Å². The summed E-state index contributed by atoms with van der Waals surface area (Å²) in [6.07, 6.45) is 3.03. The Morgan fingerprint density at radius 2 is 2.06 bits per heavy atom. The minimum absolute atomic E-state index is 0.664. The molecule has 0 amide bonds. The Balaban J connectivity index is 2.66. The van der Waals surface area contributed by atoms with E-state index in [-0.39, 0.29) is 0 Å². The summed E-state index contributed by atoms with van der Waals surface area (Å²) in [5.41, 5.74) is 1.09. The van der Waals surface area contributed by atoms with E-state index in [4.69, 9.17) is 0 Å². The molecule has 0 aromatic carbocycles. The Labute approximate surface area is 97.9 Å². The van der Waals surface area contributed by atoms with Crippen molar-refractivity contribution >= 4 is 11.8 Å². The van der Waals surface area contributed by atoms with Crippen LogP contribution in [0.15, 0.2) is 6.20 Å². The van der Waals surface area contributed by atoms with E-state index in [0.29, 0.717) is 11.9 Å². The van der Waals surface area contributed by atoms with Crippen LogP contribution < -0.4 is 10.6 Å². The van der Waals surface area contributed by atoms with E-state index in [2.05, 4.69) is 34.4 Å². The van der Waals surface area contributed by atoms with Gasteiger partial charge in [-0.15, -0.1) is 0 Å². The fourth-order valence-corrected chi connectivity index (χ4v) is 1.28. The largest absolute Gasteiger partial charge is 0.369 e. The van der Waals surface area contributed by atoms with Crippen molar-refractivity contribution in [2.24, 2.45) is 5.92 Å². The average Bonchev–Trinajstić information content (AvgIpc) is 2.29. The Morgan fingerprint density at radius 1 is 1.31 bits per heavy atom. The zero-order valence-electron chi connectivity index (χ0n) is 10.7. The zero-order valence-corrected chi connectivity index (χ0v) is 10.7. The van der Waals surface area contributed by atoms with Gasteiger partial charge >= 0.3 is 0 Å². The molecular weight excluding hydrogens is 200 g/mol. The minimum Gasteiger partial charge on any atom is -0.369 e. The first-order chi connectivity index (χ1) is 7.67. The highest BCUT2D eigenvalue weighted by Gasteiger charge is 2.04. The molecule has 0 aliphatic rings. The average molecular weight is 222 g/mol. The van der Waals surface area contributed by atoms with Gasteiger partial charge in [-0.3, -0.25) is 0 Å². The van der Waals surface area contributed by atoms with E-state index in [9.17, 15) is 0 Å². The maximum atomic E-state index is 4.43. The van der Waals surface area contributed by atoms with E-state index in [1.54, 1.807) is 0 Å². The van der Waals surface area contributed by atoms with E-state index >= 15 is 0 Å². The number of hydrogen-bond donors (Lipinski definition) is 2. The second-order valence-corrected chi connectivity index (χ2v) is 4.15. The Hall–Kier alpha value is -1.32. The highest BCUT2D eigenvalue weighted by molar-refractivity contribution is 5.46. The first kappa shape index (κ1) is 12.7. The highest BCUT2D eigenvalue weighted by Crippen LogP contribution is 2.13. The molecule has 4 nitrogen and oxygen atoms in total. The summed E-state index contributed by atoms with van der Waals surface area (Å²) in [4.78, 5) is 8.65. The molecule has 0 fully saturated rings. The van der Waals surface area contributed by atoms with Crippen LogP contribution in [0.25, 0.3) is 0 Å². The summed E-state index contributed by atoms with van der Waals surface area (Å²) in [6, 6.07) is 0. The van der Waals surface area contributed by atoms with Gasteiger partial charge in [0.1, 0.15) is 5.82 Å². The Kier molecular flexibility index (Phi) is 5.02. The molecule has 0 saturated heterocycles. The zero-order chi connectivity index (χ0) is 12.0. The van der Waals surface area contributed by atoms with Crippen LogP contribution in [0.3, 0.4) is 0 Å². The summed E-state index contributed by atoms with van der Waals surface area (Å²) in [5.74, 6) is 2.29. The molecule has 2 N–H and O–H groups in total. The van der Waals surface area contributed by atoms with Crippen LogP contribution in [0.4, 0.5) is 11.8 Å². The first-order valence-electron chi connectivity index (χ1n) is 5.98. The molecule has 90 valence electrons. The van der Waals surface area contributed by atoms with Gasteiger partial charge in [0.2, 0.25) is 5.95 Å². The Morgan fingerprint density at radius 3 is 2.69 bits per heavy atom. The van der Waals surface area contributed by atoms with Crippen LogP contribution in [-0.2, 0) is 0 Å². The third-order valence-corrected chi connectivity index (χ3v) is 2.62. The molecular formula is C12H22N4. The van der Waals surface area contributed by atoms with Gasteiger partial charge in [-0.05, 0) is 19.8 Å². The summed E-state index contributed by atoms with van der Waals surface area (Å²) in [7, 11) is 0. The second-order valence-electron chi connectivity index (χ2n) is 4.15. The molecule has 0 aliphatic carbocycles. The van der Waals surface area contributed by atoms with Crippen LogP contribution >= 0.6 is 0 Å². The maximum absolute atomic E-state index is 4.43. The molecule has 1 heterocycles. The maximum Gasteiger partial charge on any atom is 0.224 e. The molecule has 0 saturated carbocycles. The van der Waals surface area contributed by atoms with Gasteiger partial charge in [0, 0.05) is 24.8 Å². The molecule has 0 spiro atoms. The SMILES string of the molecule is CCNc1ncc(C)c(NCC(C)CC)n1. The van der Waals surface area contributed by atoms with Crippen molar-refractivity contribution < 1.29 is 0 Å². The predicted molar refractivity (Wildman–Crippen MR) is 68.9 cm³/mol. The molecule has 1 aromatic heterocycles. The van der Waals surface area contributed by atoms with Crippen molar-refractivity contribution in [1.29, 1.82) is 0 Å². The number of rotatable bonds is 6. The topological polar surface area (TPSA) is 49.8 Å². The monoisotopic (exact) mass is 222 g/mol. The molecule has 1 atom stereocenters. The molecule has 1 rings (SSSR count). The first-order valence-corrected chi connectivity index (χ1v) is 5.98. The van der Waals surface area contributed by atoms with Crippen molar-refractivity contribution in [3.05, 3.63) is 11.8 Å². The lowest BCUT2D eigenvalue weighted by atomic mass is 10.1. The molecule has 0 radical (unpaired) electrons. The lowest BCUT2D eigenvalue weighted by Gasteiger charge is -2.13. The summed E-state index contributed by atoms with van der Waals surface area (Å²) >= 11 is 0. The van der Waals surface area contributed by atoms with Gasteiger partial charge in [-0.1, -0.05) is 20.3 Å². The van der Waals surface area contributed by atoms with Crippen molar-refractivity contribution in [1.82, 2.24) is 9.97 Å². The van der Waals surface area contributed by atoms with Crippen molar-refractivity contribution in [2.45, 2.75) is 34.1 Å². The summed E-state index contributed by atoms with van der Waals surface area (Å²) < 4.78 is 0. The lowest BCUT2D eigenvalue weighted by Crippen LogP contribution is -2.13. The van der Waals surface area contributed by atoms with Crippen LogP contribution in [0.2, 0.25) is 0 Å². The normalized spacial score (nSPS) is 12.2. The quantitative estimate of drug-likeness (QED) is 0.777. The number of nitrogens with one attached hydrogen (secondary N) is 2. The standard InChI is InChI=1S/C12H22N4/c1-5-9(3)7-14-11-10(4)8-15-12(16-11)13-6-2/h8-9H,5-7H2,1-4H3,(H2,13,14,15,16). The second kappa shape index (κ2) is 6.30. The van der Waals surface area contributed by atoms with E-state index in [1.807, 2.05) is 20.0 Å². The van der Waals surface area contributed by atoms with Crippen molar-refractivity contribution in [2.75, 3.05) is 23.7 Å². The fourth-order valence-electron chi connectivity index (χ4n) is 1.28. The van der Waals surface area contributed by atoms with Crippen LogP contribution in [0.5, 0.6) is 0 Å². The Bertz CT molecular complexity index is 325. The van der Waals surface area contributed by atoms with Gasteiger partial charge in [-0.2, -0.15) is 4.98 Å². The van der Waals surface area contributed by atoms with E-state index < -0.39 is 0 Å². The lowest BCUT2D eigenvalue weighted by molar-refractivity contribution is 0.592. The molecule has 16 heavy (non-hydrogen) atoms. The van der Waals surface area contributed by atoms with E-state index in [0.717, 1.165) is 24.5 Å². The van der Waals surface area contributed by atoms with Crippen molar-refractivity contribution in [3.8, 4) is 0 Å². The molecule has 4 heteroatoms. The minimum atomic E-state index is 0.664. The van der Waals surface area contributed by atoms with Crippen LogP contribution in [-0.4, -0.2) is 23.1 Å². The van der Waals surface area contributed by atoms with Crippen LogP contribution in [0.1, 0.15) is 32.8 Å². The third-order valence-electron chi connectivity index (χ3n) is 2.62. The van der Waals surface area contributed by atoms with Crippen molar-refractivity contribution in [3.63, 3.8) is 0 Å². The number of hydrogen-bond acceptors (Lipinski definition) is 4. The molecule has 1 aromatic rings. The smallest absolute Gasteiger partial charge is 0.224 e. The number of aromatic nitrogens is 2. The van der Waals surface area contributed by atoms with E-state index in [1.165, 1.54) is 6.42 Å². The highest BCUT2D eigenvalue weighted by atomic mass is 15.1. The third kappa shape index (κ3) is 3.68. The fraction of sp³-hybridized carbons (Fsp3) is 0.667. The summed E-state index contributed by atoms with van der Waals surface area (Å²) in [5, 5.41) is 6.49. The van der Waals surface area contributed by atoms with Gasteiger partial charge < -0.3 is 10.6 Å². The number of aryl methyl sites for hydroxylation is 1. The van der Waals surface area contributed by atoms with Gasteiger partial charge in [-0.25, -0.2) is 4.98 Å². The molecule has 0 aliphatic heterocycles. The summed E-state index contributed by atoms with van der Waals surface area (Å²) in [6.45, 7) is 10.3.